The van der Waals surface area contributed by atoms with Crippen LogP contribution in [0, 0.1) is 0 Å². The lowest BCUT2D eigenvalue weighted by atomic mass is 9.89. The van der Waals surface area contributed by atoms with Crippen LogP contribution in [0.5, 0.6) is 0 Å². The number of carbonyl (C=O) groups excluding carboxylic acids is 2. The number of oxime groups is 1. The Morgan fingerprint density at radius 3 is 2.58 bits per heavy atom. The highest BCUT2D eigenvalue weighted by molar-refractivity contribution is 5.94. The number of methoxy groups -OCH3 is 1. The minimum Gasteiger partial charge on any atom is -0.466 e. The molecule has 1 amide bonds. The first-order chi connectivity index (χ1) is 12.2. The van der Waals surface area contributed by atoms with Crippen molar-refractivity contribution < 1.29 is 23.9 Å². The molecular weight excluding hydrogens is 336 g/mol. The number of nitrogens with one attached hydrogen (secondary N) is 1. The van der Waals surface area contributed by atoms with E-state index >= 15 is 0 Å². The van der Waals surface area contributed by atoms with Gasteiger partial charge in [0.2, 0.25) is 5.60 Å². The van der Waals surface area contributed by atoms with Gasteiger partial charge in [0.25, 0.3) is 0 Å². The van der Waals surface area contributed by atoms with Crippen LogP contribution in [0.15, 0.2) is 35.5 Å². The molecule has 142 valence electrons. The van der Waals surface area contributed by atoms with E-state index in [1.165, 1.54) is 7.11 Å². The molecule has 2 rings (SSSR count). The first-order valence-corrected chi connectivity index (χ1v) is 8.57. The maximum Gasteiger partial charge on any atom is 0.407 e. The Morgan fingerprint density at radius 2 is 1.96 bits per heavy atom. The van der Waals surface area contributed by atoms with E-state index in [4.69, 9.17) is 14.3 Å². The van der Waals surface area contributed by atoms with Crippen molar-refractivity contribution in [2.75, 3.05) is 13.7 Å². The Hall–Kier alpha value is -2.57. The SMILES string of the molecule is COC(=O)C1(Cc2ccccc2)CC(CCNC(=O)OC(C)(C)C)=NO1. The number of ether oxygens (including phenoxy) is 2. The molecule has 1 unspecified atom stereocenters. The topological polar surface area (TPSA) is 86.2 Å². The summed E-state index contributed by atoms with van der Waals surface area (Å²) in [4.78, 5) is 29.5. The first kappa shape index (κ1) is 19.8. The summed E-state index contributed by atoms with van der Waals surface area (Å²) in [6.45, 7) is 5.75. The summed E-state index contributed by atoms with van der Waals surface area (Å²) in [5, 5.41) is 6.72. The van der Waals surface area contributed by atoms with Gasteiger partial charge in [0, 0.05) is 25.8 Å². The summed E-state index contributed by atoms with van der Waals surface area (Å²) in [6.07, 6.45) is 0.671. The number of benzene rings is 1. The fraction of sp³-hybridized carbons (Fsp3) is 0.526. The minimum absolute atomic E-state index is 0.324. The molecule has 1 N–H and O–H groups in total. The summed E-state index contributed by atoms with van der Waals surface area (Å²) < 4.78 is 10.1. The third-order valence-electron chi connectivity index (χ3n) is 3.81. The lowest BCUT2D eigenvalue weighted by Crippen LogP contribution is -2.42. The van der Waals surface area contributed by atoms with Gasteiger partial charge >= 0.3 is 12.1 Å². The Kier molecular flexibility index (Phi) is 6.23. The minimum atomic E-state index is -1.16. The molecule has 1 aromatic rings. The lowest BCUT2D eigenvalue weighted by Gasteiger charge is -2.23. The van der Waals surface area contributed by atoms with Crippen molar-refractivity contribution in [1.82, 2.24) is 5.32 Å². The number of alkyl carbamates (subject to hydrolysis) is 1. The van der Waals surface area contributed by atoms with E-state index in [9.17, 15) is 9.59 Å². The molecule has 7 heteroatoms. The van der Waals surface area contributed by atoms with Crippen LogP contribution in [0.1, 0.15) is 39.2 Å². The fourth-order valence-electron chi connectivity index (χ4n) is 2.69. The summed E-state index contributed by atoms with van der Waals surface area (Å²) >= 11 is 0. The smallest absolute Gasteiger partial charge is 0.407 e. The third-order valence-corrected chi connectivity index (χ3v) is 3.81. The molecule has 0 spiro atoms. The average molecular weight is 362 g/mol. The molecule has 26 heavy (non-hydrogen) atoms. The monoisotopic (exact) mass is 362 g/mol. The van der Waals surface area contributed by atoms with Crippen LogP contribution in [-0.4, -0.2) is 42.6 Å². The number of rotatable bonds is 6. The van der Waals surface area contributed by atoms with Gasteiger partial charge in [0.15, 0.2) is 0 Å². The van der Waals surface area contributed by atoms with Gasteiger partial charge in [0.05, 0.1) is 12.8 Å². The van der Waals surface area contributed by atoms with Crippen molar-refractivity contribution in [3.63, 3.8) is 0 Å². The molecule has 1 aromatic carbocycles. The fourth-order valence-corrected chi connectivity index (χ4v) is 2.69. The Labute approximate surface area is 153 Å². The molecule has 0 aliphatic carbocycles. The Balaban J connectivity index is 1.91. The van der Waals surface area contributed by atoms with Gasteiger partial charge in [-0.25, -0.2) is 9.59 Å². The van der Waals surface area contributed by atoms with Crippen LogP contribution < -0.4 is 5.32 Å². The Morgan fingerprint density at radius 1 is 1.27 bits per heavy atom. The highest BCUT2D eigenvalue weighted by Gasteiger charge is 2.47. The van der Waals surface area contributed by atoms with Gasteiger partial charge in [-0.05, 0) is 26.3 Å². The van der Waals surface area contributed by atoms with Crippen molar-refractivity contribution in [1.29, 1.82) is 0 Å². The standard InChI is InChI=1S/C19H26N2O5/c1-18(2,3)25-17(23)20-11-10-15-13-19(26-21-15,16(22)24-4)12-14-8-6-5-7-9-14/h5-9H,10-13H2,1-4H3,(H,20,23). The molecule has 0 aromatic heterocycles. The summed E-state index contributed by atoms with van der Waals surface area (Å²) in [6, 6.07) is 9.57. The zero-order valence-electron chi connectivity index (χ0n) is 15.7. The summed E-state index contributed by atoms with van der Waals surface area (Å²) in [5.41, 5.74) is -0.0471. The second-order valence-corrected chi connectivity index (χ2v) is 7.25. The van der Waals surface area contributed by atoms with E-state index in [2.05, 4.69) is 10.5 Å². The molecule has 1 aliphatic heterocycles. The summed E-state index contributed by atoms with van der Waals surface area (Å²) in [5.74, 6) is -0.458. The molecule has 0 saturated heterocycles. The lowest BCUT2D eigenvalue weighted by molar-refractivity contribution is -0.166. The Bertz CT molecular complexity index is 666. The molecule has 0 bridgehead atoms. The molecule has 0 radical (unpaired) electrons. The van der Waals surface area contributed by atoms with Crippen LogP contribution in [-0.2, 0) is 25.5 Å². The number of hydrogen-bond acceptors (Lipinski definition) is 6. The third kappa shape index (κ3) is 5.47. The largest absolute Gasteiger partial charge is 0.466 e. The van der Waals surface area contributed by atoms with Crippen molar-refractivity contribution in [3.05, 3.63) is 35.9 Å². The zero-order valence-corrected chi connectivity index (χ0v) is 15.7. The molecule has 0 fully saturated rings. The van der Waals surface area contributed by atoms with Crippen LogP contribution in [0.3, 0.4) is 0 Å². The maximum absolute atomic E-state index is 12.3. The van der Waals surface area contributed by atoms with E-state index in [1.807, 2.05) is 30.3 Å². The highest BCUT2D eigenvalue weighted by atomic mass is 16.7. The molecule has 1 atom stereocenters. The van der Waals surface area contributed by atoms with E-state index in [1.54, 1.807) is 20.8 Å². The molecule has 0 saturated carbocycles. The first-order valence-electron chi connectivity index (χ1n) is 8.57. The summed E-state index contributed by atoms with van der Waals surface area (Å²) in [7, 11) is 1.33. The van der Waals surface area contributed by atoms with Crippen LogP contribution in [0.4, 0.5) is 4.79 Å². The van der Waals surface area contributed by atoms with Gasteiger partial charge in [-0.1, -0.05) is 35.5 Å². The second kappa shape index (κ2) is 8.21. The predicted molar refractivity (Wildman–Crippen MR) is 96.9 cm³/mol. The van der Waals surface area contributed by atoms with Crippen molar-refractivity contribution in [2.24, 2.45) is 5.16 Å². The van der Waals surface area contributed by atoms with Gasteiger partial charge in [-0.2, -0.15) is 0 Å². The van der Waals surface area contributed by atoms with Crippen molar-refractivity contribution in [2.45, 2.75) is 51.2 Å². The van der Waals surface area contributed by atoms with Crippen LogP contribution in [0.25, 0.3) is 0 Å². The van der Waals surface area contributed by atoms with Crippen molar-refractivity contribution in [3.8, 4) is 0 Å². The van der Waals surface area contributed by atoms with Crippen molar-refractivity contribution >= 4 is 17.8 Å². The highest BCUT2D eigenvalue weighted by Crippen LogP contribution is 2.30. The van der Waals surface area contributed by atoms with Crippen LogP contribution in [0.2, 0.25) is 0 Å². The normalized spacial score (nSPS) is 19.3. The average Bonchev–Trinajstić information content (AvgIpc) is 2.97. The van der Waals surface area contributed by atoms with E-state index in [-0.39, 0.29) is 0 Å². The number of esters is 1. The maximum atomic E-state index is 12.3. The van der Waals surface area contributed by atoms with Gasteiger partial charge < -0.3 is 19.6 Å². The zero-order chi connectivity index (χ0) is 19.2. The number of hydrogen-bond donors (Lipinski definition) is 1. The van der Waals surface area contributed by atoms with Gasteiger partial charge in [-0.15, -0.1) is 0 Å². The number of amides is 1. The van der Waals surface area contributed by atoms with E-state index < -0.39 is 23.3 Å². The van der Waals surface area contributed by atoms with E-state index in [0.717, 1.165) is 5.56 Å². The van der Waals surface area contributed by atoms with E-state index in [0.29, 0.717) is 31.5 Å². The van der Waals surface area contributed by atoms with Crippen LogP contribution >= 0.6 is 0 Å². The van der Waals surface area contributed by atoms with Gasteiger partial charge in [-0.3, -0.25) is 0 Å². The number of carbonyl (C=O) groups is 2. The molecule has 7 nitrogen and oxygen atoms in total. The number of nitrogens with zero attached hydrogens (tertiary/aromatic N) is 1. The quantitative estimate of drug-likeness (QED) is 0.787. The predicted octanol–water partition coefficient (Wildman–Crippen LogP) is 2.83. The molecular formula is C19H26N2O5. The molecule has 1 heterocycles. The molecule has 1 aliphatic rings. The second-order valence-electron chi connectivity index (χ2n) is 7.25. The van der Waals surface area contributed by atoms with Gasteiger partial charge in [0.1, 0.15) is 5.60 Å².